The van der Waals surface area contributed by atoms with Crippen LogP contribution >= 0.6 is 0 Å². The smallest absolute Gasteiger partial charge is 0.435 e. The maximum atomic E-state index is 13.9. The summed E-state index contributed by atoms with van der Waals surface area (Å²) in [4.78, 5) is 44.8. The highest BCUT2D eigenvalue weighted by Crippen LogP contribution is 2.56. The minimum absolute atomic E-state index is 0.125. The lowest BCUT2D eigenvalue weighted by molar-refractivity contribution is -0.140. The van der Waals surface area contributed by atoms with E-state index in [4.69, 9.17) is 4.74 Å². The number of hydrogen-bond donors (Lipinski definition) is 0. The highest BCUT2D eigenvalue weighted by atomic mass is 19.4. The van der Waals surface area contributed by atoms with Crippen LogP contribution in [0.4, 0.5) is 23.7 Å². The molecule has 1 heterocycles. The molecule has 2 atom stereocenters. The third-order valence-electron chi connectivity index (χ3n) is 5.88. The third-order valence-corrected chi connectivity index (χ3v) is 5.88. The number of halogens is 3. The number of alkyl halides is 3. The van der Waals surface area contributed by atoms with E-state index in [1.165, 1.54) is 6.92 Å². The second-order valence-electron chi connectivity index (χ2n) is 9.61. The van der Waals surface area contributed by atoms with Crippen molar-refractivity contribution >= 4 is 17.7 Å². The largest absolute Gasteiger partial charge is 0.443 e. The summed E-state index contributed by atoms with van der Waals surface area (Å²) in [5, 5.41) is 2.54. The number of nitrogens with zero attached hydrogens (tertiary/aromatic N) is 4. The number of benzene rings is 1. The molecule has 1 aliphatic carbocycles. The van der Waals surface area contributed by atoms with Crippen molar-refractivity contribution in [3.63, 3.8) is 0 Å². The van der Waals surface area contributed by atoms with E-state index in [0.717, 1.165) is 16.7 Å². The Balaban J connectivity index is 2.17. The van der Waals surface area contributed by atoms with Crippen LogP contribution in [-0.4, -0.2) is 34.1 Å². The van der Waals surface area contributed by atoms with Gasteiger partial charge in [0, 0.05) is 17.1 Å². The maximum absolute atomic E-state index is 13.9. The molecule has 1 aromatic heterocycles. The van der Waals surface area contributed by atoms with Gasteiger partial charge in [0.15, 0.2) is 5.69 Å². The first-order chi connectivity index (χ1) is 16.2. The zero-order valence-electron chi connectivity index (χ0n) is 20.1. The molecule has 2 amide bonds. The summed E-state index contributed by atoms with van der Waals surface area (Å²) in [6.07, 6.45) is -4.21. The summed E-state index contributed by atoms with van der Waals surface area (Å²) in [6.45, 7) is 7.62. The van der Waals surface area contributed by atoms with Gasteiger partial charge in [0.05, 0.1) is 17.8 Å². The van der Waals surface area contributed by atoms with Crippen molar-refractivity contribution in [2.75, 3.05) is 11.4 Å². The molecule has 0 saturated heterocycles. The van der Waals surface area contributed by atoms with Gasteiger partial charge in [-0.2, -0.15) is 13.2 Å². The van der Waals surface area contributed by atoms with Gasteiger partial charge in [-0.15, -0.1) is 4.91 Å². The number of aryl methyl sites for hydroxylation is 2. The van der Waals surface area contributed by atoms with E-state index in [0.29, 0.717) is 12.0 Å². The van der Waals surface area contributed by atoms with Crippen LogP contribution in [-0.2, 0) is 27.5 Å². The minimum Gasteiger partial charge on any atom is -0.443 e. The number of ether oxygens (including phenoxy) is 1. The Hall–Kier alpha value is -3.37. The highest BCUT2D eigenvalue weighted by molar-refractivity contribution is 5.91. The van der Waals surface area contributed by atoms with Crippen LogP contribution in [0.3, 0.4) is 0 Å². The standard InChI is InChI=1S/C24H27F3N4O4/c1-6-15-8-7-9-16(10-15)23(11-17(23)20(32)30-34)13-31(21(33)35-22(3,4)5)18-12-28-14(2)29-19(18)24(25,26)27/h7-10,12,17H,6,11,13H2,1-5H3/t17-,23+/m0/s1. The second kappa shape index (κ2) is 9.35. The maximum Gasteiger partial charge on any atom is 0.435 e. The molecule has 11 heteroatoms. The number of amides is 2. The van der Waals surface area contributed by atoms with Gasteiger partial charge in [0.2, 0.25) is 0 Å². The number of aromatic nitrogens is 2. The molecule has 0 aliphatic heterocycles. The summed E-state index contributed by atoms with van der Waals surface area (Å²) < 4.78 is 47.2. The SMILES string of the molecule is CCc1cccc([C@]2(CN(C(=O)OC(C)(C)C)c3cnc(C)nc3C(F)(F)F)C[C@H]2C(=O)N=O)c1. The number of carbonyl (C=O) groups is 2. The lowest BCUT2D eigenvalue weighted by Gasteiger charge is -2.32. The molecule has 35 heavy (non-hydrogen) atoms. The number of anilines is 1. The summed E-state index contributed by atoms with van der Waals surface area (Å²) in [7, 11) is 0. The average Bonchev–Trinajstić information content (AvgIpc) is 3.51. The molecule has 0 spiro atoms. The summed E-state index contributed by atoms with van der Waals surface area (Å²) >= 11 is 0. The molecule has 0 unspecified atom stereocenters. The van der Waals surface area contributed by atoms with E-state index in [1.54, 1.807) is 32.9 Å². The van der Waals surface area contributed by atoms with E-state index < -0.39 is 46.5 Å². The van der Waals surface area contributed by atoms with Crippen molar-refractivity contribution in [3.8, 4) is 0 Å². The Morgan fingerprint density at radius 3 is 2.51 bits per heavy atom. The molecule has 0 N–H and O–H groups in total. The normalized spacial score (nSPS) is 19.7. The predicted octanol–water partition coefficient (Wildman–Crippen LogP) is 5.36. The Kier molecular flexibility index (Phi) is 7.01. The summed E-state index contributed by atoms with van der Waals surface area (Å²) in [6, 6.07) is 7.18. The molecule has 3 rings (SSSR count). The molecule has 0 radical (unpaired) electrons. The second-order valence-corrected chi connectivity index (χ2v) is 9.61. The quantitative estimate of drug-likeness (QED) is 0.503. The topological polar surface area (TPSA) is 102 Å². The van der Waals surface area contributed by atoms with Gasteiger partial charge in [-0.3, -0.25) is 9.69 Å². The van der Waals surface area contributed by atoms with E-state index in [2.05, 4.69) is 15.1 Å². The van der Waals surface area contributed by atoms with Gasteiger partial charge in [-0.25, -0.2) is 14.8 Å². The van der Waals surface area contributed by atoms with Crippen molar-refractivity contribution in [3.05, 3.63) is 58.0 Å². The average molecular weight is 492 g/mol. The van der Waals surface area contributed by atoms with Crippen molar-refractivity contribution in [1.29, 1.82) is 0 Å². The summed E-state index contributed by atoms with van der Waals surface area (Å²) in [5.74, 6) is -1.94. The first-order valence-electron chi connectivity index (χ1n) is 11.1. The molecule has 188 valence electrons. The Morgan fingerprint density at radius 2 is 1.94 bits per heavy atom. The van der Waals surface area contributed by atoms with Crippen molar-refractivity contribution in [2.24, 2.45) is 11.1 Å². The molecule has 1 aromatic carbocycles. The van der Waals surface area contributed by atoms with Crippen molar-refractivity contribution in [1.82, 2.24) is 9.97 Å². The summed E-state index contributed by atoms with van der Waals surface area (Å²) in [5.41, 5.74) is -2.49. The number of carbonyl (C=O) groups excluding carboxylic acids is 2. The van der Waals surface area contributed by atoms with Crippen LogP contribution in [0.5, 0.6) is 0 Å². The van der Waals surface area contributed by atoms with Gasteiger partial charge < -0.3 is 4.74 Å². The number of rotatable bonds is 6. The molecule has 1 aliphatic rings. The minimum atomic E-state index is -4.89. The Morgan fingerprint density at radius 1 is 1.26 bits per heavy atom. The van der Waals surface area contributed by atoms with E-state index >= 15 is 0 Å². The molecular weight excluding hydrogens is 465 g/mol. The zero-order chi connectivity index (χ0) is 26.2. The van der Waals surface area contributed by atoms with Gasteiger partial charge in [0.25, 0.3) is 5.91 Å². The molecular formula is C24H27F3N4O4. The van der Waals surface area contributed by atoms with Crippen LogP contribution in [0.15, 0.2) is 35.6 Å². The van der Waals surface area contributed by atoms with E-state index in [1.807, 2.05) is 19.1 Å². The third kappa shape index (κ3) is 5.66. The monoisotopic (exact) mass is 492 g/mol. The van der Waals surface area contributed by atoms with E-state index in [9.17, 15) is 27.7 Å². The van der Waals surface area contributed by atoms with Crippen LogP contribution in [0.1, 0.15) is 56.8 Å². The number of nitroso groups, excluding NO2 is 1. The van der Waals surface area contributed by atoms with Crippen molar-refractivity contribution in [2.45, 2.75) is 64.7 Å². The first kappa shape index (κ1) is 26.2. The molecule has 2 aromatic rings. The lowest BCUT2D eigenvalue weighted by atomic mass is 9.90. The molecule has 8 nitrogen and oxygen atoms in total. The van der Waals surface area contributed by atoms with Gasteiger partial charge in [-0.1, -0.05) is 31.2 Å². The zero-order valence-corrected chi connectivity index (χ0v) is 20.1. The van der Waals surface area contributed by atoms with E-state index in [-0.39, 0.29) is 18.8 Å². The molecule has 1 fully saturated rings. The van der Waals surface area contributed by atoms with Crippen LogP contribution in [0.25, 0.3) is 0 Å². The van der Waals surface area contributed by atoms with Gasteiger partial charge in [0.1, 0.15) is 11.4 Å². The number of hydrogen-bond acceptors (Lipinski definition) is 6. The lowest BCUT2D eigenvalue weighted by Crippen LogP contribution is -2.43. The predicted molar refractivity (Wildman–Crippen MR) is 122 cm³/mol. The fourth-order valence-electron chi connectivity index (χ4n) is 4.10. The first-order valence-corrected chi connectivity index (χ1v) is 11.1. The van der Waals surface area contributed by atoms with Crippen molar-refractivity contribution < 1.29 is 27.5 Å². The fraction of sp³-hybridized carbons (Fsp3) is 0.500. The Labute approximate surface area is 200 Å². The fourth-order valence-corrected chi connectivity index (χ4v) is 4.10. The molecule has 0 bridgehead atoms. The highest BCUT2D eigenvalue weighted by Gasteiger charge is 2.61. The van der Waals surface area contributed by atoms with Gasteiger partial charge >= 0.3 is 12.3 Å². The van der Waals surface area contributed by atoms with Crippen LogP contribution in [0, 0.1) is 17.7 Å². The van der Waals surface area contributed by atoms with Crippen LogP contribution < -0.4 is 4.90 Å². The Bertz CT molecular complexity index is 1150. The van der Waals surface area contributed by atoms with Gasteiger partial charge in [-0.05, 0) is 51.7 Å². The molecule has 1 saturated carbocycles. The van der Waals surface area contributed by atoms with Crippen LogP contribution in [0.2, 0.25) is 0 Å².